The zero-order valence-electron chi connectivity index (χ0n) is 6.82. The second-order valence-corrected chi connectivity index (χ2v) is 2.72. The largest absolute Gasteiger partial charge is 0.508 e. The van der Waals surface area contributed by atoms with Gasteiger partial charge in [0.05, 0.1) is 0 Å². The lowest BCUT2D eigenvalue weighted by Crippen LogP contribution is -2.07. The van der Waals surface area contributed by atoms with Crippen LogP contribution in [-0.2, 0) is 0 Å². The Bertz CT molecular complexity index is 295. The summed E-state index contributed by atoms with van der Waals surface area (Å²) in [6.07, 6.45) is 0.693. The van der Waals surface area contributed by atoms with Gasteiger partial charge in [-0.3, -0.25) is 4.79 Å². The van der Waals surface area contributed by atoms with Gasteiger partial charge in [0, 0.05) is 11.6 Å². The number of phenolic OH excluding ortho intramolecular Hbond substituents is 1. The minimum absolute atomic E-state index is 0.0847. The Balaban J connectivity index is 3.20. The number of hydrogen-bond donors (Lipinski definition) is 2. The van der Waals surface area contributed by atoms with Crippen molar-refractivity contribution in [3.8, 4) is 5.75 Å². The normalized spacial score (nSPS) is 12.5. The molecular weight excluding hydrogens is 154 g/mol. The van der Waals surface area contributed by atoms with E-state index in [-0.39, 0.29) is 11.8 Å². The zero-order valence-corrected chi connectivity index (χ0v) is 6.82. The first-order chi connectivity index (χ1) is 5.65. The van der Waals surface area contributed by atoms with E-state index >= 15 is 0 Å². The van der Waals surface area contributed by atoms with Gasteiger partial charge in [-0.25, -0.2) is 0 Å². The van der Waals surface area contributed by atoms with Crippen LogP contribution in [0.2, 0.25) is 0 Å². The van der Waals surface area contributed by atoms with Crippen LogP contribution in [0.5, 0.6) is 5.75 Å². The van der Waals surface area contributed by atoms with E-state index in [4.69, 9.17) is 10.8 Å². The van der Waals surface area contributed by atoms with E-state index in [0.717, 1.165) is 5.56 Å². The summed E-state index contributed by atoms with van der Waals surface area (Å²) < 4.78 is 0. The third-order valence-corrected chi connectivity index (χ3v) is 1.69. The lowest BCUT2D eigenvalue weighted by Gasteiger charge is -2.07. The molecule has 64 valence electrons. The van der Waals surface area contributed by atoms with E-state index in [1.54, 1.807) is 13.0 Å². The molecule has 3 heteroatoms. The molecule has 0 heterocycles. The summed E-state index contributed by atoms with van der Waals surface area (Å²) in [7, 11) is 0. The molecule has 0 aromatic heterocycles. The maximum absolute atomic E-state index is 10.5. The maximum Gasteiger partial charge on any atom is 0.150 e. The van der Waals surface area contributed by atoms with Crippen LogP contribution < -0.4 is 5.73 Å². The van der Waals surface area contributed by atoms with Crippen molar-refractivity contribution in [3.63, 3.8) is 0 Å². The lowest BCUT2D eigenvalue weighted by atomic mass is 10.0. The molecule has 12 heavy (non-hydrogen) atoms. The van der Waals surface area contributed by atoms with Gasteiger partial charge in [0.25, 0.3) is 0 Å². The van der Waals surface area contributed by atoms with Gasteiger partial charge in [-0.2, -0.15) is 0 Å². The van der Waals surface area contributed by atoms with Crippen molar-refractivity contribution < 1.29 is 9.90 Å². The Labute approximate surface area is 70.8 Å². The van der Waals surface area contributed by atoms with Crippen molar-refractivity contribution in [1.29, 1.82) is 0 Å². The first-order valence-corrected chi connectivity index (χ1v) is 3.69. The van der Waals surface area contributed by atoms with Crippen molar-refractivity contribution in [2.45, 2.75) is 13.0 Å². The number of carbonyl (C=O) groups excluding carboxylic acids is 1. The molecule has 1 unspecified atom stereocenters. The fourth-order valence-corrected chi connectivity index (χ4v) is 1.08. The van der Waals surface area contributed by atoms with E-state index in [9.17, 15) is 4.79 Å². The quantitative estimate of drug-likeness (QED) is 0.648. The van der Waals surface area contributed by atoms with Crippen LogP contribution in [0.15, 0.2) is 18.2 Å². The predicted octanol–water partition coefficient (Wildman–Crippen LogP) is 1.22. The highest BCUT2D eigenvalue weighted by Gasteiger charge is 2.05. The number of rotatable bonds is 2. The molecular formula is C9H11NO2. The van der Waals surface area contributed by atoms with Crippen molar-refractivity contribution >= 4 is 6.29 Å². The molecule has 1 aromatic rings. The first-order valence-electron chi connectivity index (χ1n) is 3.69. The minimum Gasteiger partial charge on any atom is -0.508 e. The fourth-order valence-electron chi connectivity index (χ4n) is 1.08. The highest BCUT2D eigenvalue weighted by Crippen LogP contribution is 2.19. The summed E-state index contributed by atoms with van der Waals surface area (Å²) in [5, 5.41) is 9.05. The van der Waals surface area contributed by atoms with E-state index in [1.807, 2.05) is 0 Å². The average molecular weight is 165 g/mol. The Hall–Kier alpha value is -1.35. The summed E-state index contributed by atoms with van der Waals surface area (Å²) in [6, 6.07) is 4.40. The van der Waals surface area contributed by atoms with E-state index in [2.05, 4.69) is 0 Å². The molecule has 1 aromatic carbocycles. The summed E-state index contributed by atoms with van der Waals surface area (Å²) >= 11 is 0. The third-order valence-electron chi connectivity index (χ3n) is 1.69. The van der Waals surface area contributed by atoms with Gasteiger partial charge in [0.2, 0.25) is 0 Å². The second kappa shape index (κ2) is 3.36. The molecule has 1 atom stereocenters. The van der Waals surface area contributed by atoms with Crippen molar-refractivity contribution in [2.24, 2.45) is 5.73 Å². The summed E-state index contributed by atoms with van der Waals surface area (Å²) in [4.78, 5) is 10.5. The zero-order chi connectivity index (χ0) is 9.14. The molecule has 0 aliphatic heterocycles. The number of aldehydes is 1. The molecule has 0 spiro atoms. The highest BCUT2D eigenvalue weighted by molar-refractivity contribution is 5.78. The summed E-state index contributed by atoms with van der Waals surface area (Å²) in [5.74, 6) is 0.0847. The van der Waals surface area contributed by atoms with Crippen molar-refractivity contribution in [1.82, 2.24) is 0 Å². The Morgan fingerprint density at radius 1 is 1.58 bits per heavy atom. The predicted molar refractivity (Wildman–Crippen MR) is 46.1 cm³/mol. The SMILES string of the molecule is CC(N)c1ccc(O)cc1C=O. The van der Waals surface area contributed by atoms with Crippen molar-refractivity contribution in [2.75, 3.05) is 0 Å². The van der Waals surface area contributed by atoms with Gasteiger partial charge in [-0.15, -0.1) is 0 Å². The van der Waals surface area contributed by atoms with Gasteiger partial charge in [-0.1, -0.05) is 6.07 Å². The number of benzene rings is 1. The Kier molecular flexibility index (Phi) is 2.45. The lowest BCUT2D eigenvalue weighted by molar-refractivity contribution is 0.112. The van der Waals surface area contributed by atoms with Crippen LogP contribution in [0.3, 0.4) is 0 Å². The molecule has 0 aliphatic carbocycles. The van der Waals surface area contributed by atoms with Crippen LogP contribution in [0.25, 0.3) is 0 Å². The van der Waals surface area contributed by atoms with Crippen LogP contribution >= 0.6 is 0 Å². The second-order valence-electron chi connectivity index (χ2n) is 2.72. The van der Waals surface area contributed by atoms with Crippen molar-refractivity contribution in [3.05, 3.63) is 29.3 Å². The molecule has 0 amide bonds. The van der Waals surface area contributed by atoms with Crippen LogP contribution in [0.4, 0.5) is 0 Å². The molecule has 0 saturated heterocycles. The third kappa shape index (κ3) is 1.62. The fraction of sp³-hybridized carbons (Fsp3) is 0.222. The van der Waals surface area contributed by atoms with Crippen LogP contribution in [0.1, 0.15) is 28.9 Å². The number of phenols is 1. The van der Waals surface area contributed by atoms with Crippen LogP contribution in [-0.4, -0.2) is 11.4 Å². The molecule has 0 aliphatic rings. The monoisotopic (exact) mass is 165 g/mol. The summed E-state index contributed by atoms with van der Waals surface area (Å²) in [5.41, 5.74) is 6.80. The number of carbonyl (C=O) groups is 1. The Morgan fingerprint density at radius 3 is 2.75 bits per heavy atom. The topological polar surface area (TPSA) is 63.3 Å². The van der Waals surface area contributed by atoms with Gasteiger partial charge in [-0.05, 0) is 24.6 Å². The van der Waals surface area contributed by atoms with Crippen LogP contribution in [0, 0.1) is 0 Å². The Morgan fingerprint density at radius 2 is 2.25 bits per heavy atom. The molecule has 3 N–H and O–H groups in total. The van der Waals surface area contributed by atoms with E-state index in [0.29, 0.717) is 11.8 Å². The number of nitrogens with two attached hydrogens (primary N) is 1. The van der Waals surface area contributed by atoms with Gasteiger partial charge in [0.1, 0.15) is 5.75 Å². The highest BCUT2D eigenvalue weighted by atomic mass is 16.3. The number of hydrogen-bond acceptors (Lipinski definition) is 3. The van der Waals surface area contributed by atoms with Gasteiger partial charge in [0.15, 0.2) is 6.29 Å². The molecule has 0 radical (unpaired) electrons. The van der Waals surface area contributed by atoms with E-state index < -0.39 is 0 Å². The van der Waals surface area contributed by atoms with E-state index in [1.165, 1.54) is 12.1 Å². The molecule has 0 saturated carbocycles. The first kappa shape index (κ1) is 8.74. The van der Waals surface area contributed by atoms with Gasteiger partial charge < -0.3 is 10.8 Å². The minimum atomic E-state index is -0.189. The molecule has 0 bridgehead atoms. The molecule has 3 nitrogen and oxygen atoms in total. The smallest absolute Gasteiger partial charge is 0.150 e. The average Bonchev–Trinajstić information content (AvgIpc) is 2.03. The summed E-state index contributed by atoms with van der Waals surface area (Å²) in [6.45, 7) is 1.79. The van der Waals surface area contributed by atoms with Gasteiger partial charge >= 0.3 is 0 Å². The molecule has 0 fully saturated rings. The molecule has 1 rings (SSSR count). The number of aromatic hydroxyl groups is 1. The standard InChI is InChI=1S/C9H11NO2/c1-6(10)9-3-2-8(12)4-7(9)5-11/h2-6,12H,10H2,1H3. The maximum atomic E-state index is 10.5.